The number of benzene rings is 2. The molecule has 0 heterocycles. The van der Waals surface area contributed by atoms with E-state index >= 15 is 0 Å². The van der Waals surface area contributed by atoms with Crippen LogP contribution in [0.3, 0.4) is 0 Å². The molecular weight excluding hydrogens is 284 g/mol. The first-order valence-electron chi connectivity index (χ1n) is 6.84. The first-order chi connectivity index (χ1) is 9.94. The molecular formula is C17H18O3S. The Hall–Kier alpha value is -1.94. The number of carbonyl (C=O) groups excluding carboxylic acids is 1. The quantitative estimate of drug-likeness (QED) is 0.793. The van der Waals surface area contributed by atoms with E-state index < -0.39 is 9.84 Å². The van der Waals surface area contributed by atoms with Crippen molar-refractivity contribution in [2.24, 2.45) is 0 Å². The normalized spacial score (nSPS) is 11.3. The maximum atomic E-state index is 12.4. The lowest BCUT2D eigenvalue weighted by molar-refractivity contribution is 0.0988. The number of sulfone groups is 1. The van der Waals surface area contributed by atoms with Gasteiger partial charge in [-0.1, -0.05) is 43.3 Å². The van der Waals surface area contributed by atoms with Crippen molar-refractivity contribution in [2.45, 2.75) is 30.9 Å². The molecule has 21 heavy (non-hydrogen) atoms. The third-order valence-electron chi connectivity index (χ3n) is 3.46. The Morgan fingerprint density at radius 3 is 2.19 bits per heavy atom. The number of carbonyl (C=O) groups is 1. The molecule has 2 aromatic carbocycles. The monoisotopic (exact) mass is 302 g/mol. The Morgan fingerprint density at radius 1 is 1.00 bits per heavy atom. The summed E-state index contributed by atoms with van der Waals surface area (Å²) in [4.78, 5) is 11.8. The van der Waals surface area contributed by atoms with Crippen LogP contribution in [0, 0.1) is 6.92 Å². The van der Waals surface area contributed by atoms with E-state index in [1.165, 1.54) is 12.1 Å². The fourth-order valence-electron chi connectivity index (χ4n) is 2.11. The van der Waals surface area contributed by atoms with Gasteiger partial charge in [-0.3, -0.25) is 4.79 Å². The van der Waals surface area contributed by atoms with Crippen molar-refractivity contribution < 1.29 is 13.2 Å². The molecule has 0 saturated carbocycles. The molecule has 0 N–H and O–H groups in total. The van der Waals surface area contributed by atoms with Crippen molar-refractivity contribution in [1.29, 1.82) is 0 Å². The van der Waals surface area contributed by atoms with E-state index in [0.717, 1.165) is 11.1 Å². The third kappa shape index (κ3) is 3.58. The van der Waals surface area contributed by atoms with Crippen LogP contribution in [0.4, 0.5) is 0 Å². The molecule has 0 fully saturated rings. The second kappa shape index (κ2) is 6.22. The van der Waals surface area contributed by atoms with Gasteiger partial charge < -0.3 is 0 Å². The maximum Gasteiger partial charge on any atom is 0.182 e. The van der Waals surface area contributed by atoms with Gasteiger partial charge in [0.1, 0.15) is 0 Å². The number of hydrogen-bond acceptors (Lipinski definition) is 3. The Morgan fingerprint density at radius 2 is 1.62 bits per heavy atom. The second-order valence-electron chi connectivity index (χ2n) is 4.99. The van der Waals surface area contributed by atoms with Gasteiger partial charge in [0.25, 0.3) is 0 Å². The Kier molecular flexibility index (Phi) is 4.58. The van der Waals surface area contributed by atoms with Crippen LogP contribution >= 0.6 is 0 Å². The standard InChI is InChI=1S/C17H18O3S/c1-3-17(18)14-8-10-16(11-9-14)21(19,20)12-15-7-5-4-6-13(15)2/h4-11H,3,12H2,1-2H3. The van der Waals surface area contributed by atoms with Crippen molar-refractivity contribution in [3.63, 3.8) is 0 Å². The smallest absolute Gasteiger partial charge is 0.182 e. The molecule has 0 atom stereocenters. The number of ketones is 1. The molecule has 0 aliphatic heterocycles. The molecule has 0 aliphatic rings. The van der Waals surface area contributed by atoms with Gasteiger partial charge in [-0.2, -0.15) is 0 Å². The fraction of sp³-hybridized carbons (Fsp3) is 0.235. The van der Waals surface area contributed by atoms with Crippen molar-refractivity contribution in [2.75, 3.05) is 0 Å². The van der Waals surface area contributed by atoms with Gasteiger partial charge in [0.15, 0.2) is 15.6 Å². The van der Waals surface area contributed by atoms with Crippen LogP contribution in [0.15, 0.2) is 53.4 Å². The molecule has 2 aromatic rings. The fourth-order valence-corrected chi connectivity index (χ4v) is 3.56. The van der Waals surface area contributed by atoms with Crippen LogP contribution in [0.2, 0.25) is 0 Å². The lowest BCUT2D eigenvalue weighted by Gasteiger charge is -2.08. The van der Waals surface area contributed by atoms with Crippen LogP contribution < -0.4 is 0 Å². The number of Topliss-reactive ketones (excluding diaryl/α,β-unsaturated/α-hetero) is 1. The summed E-state index contributed by atoms with van der Waals surface area (Å²) in [5.41, 5.74) is 2.30. The van der Waals surface area contributed by atoms with Gasteiger partial charge in [0.2, 0.25) is 0 Å². The van der Waals surface area contributed by atoms with E-state index in [1.807, 2.05) is 31.2 Å². The van der Waals surface area contributed by atoms with Crippen LogP contribution in [0.5, 0.6) is 0 Å². The molecule has 0 saturated heterocycles. The van der Waals surface area contributed by atoms with E-state index in [4.69, 9.17) is 0 Å². The lowest BCUT2D eigenvalue weighted by atomic mass is 10.1. The van der Waals surface area contributed by atoms with E-state index in [0.29, 0.717) is 12.0 Å². The van der Waals surface area contributed by atoms with Gasteiger partial charge in [-0.25, -0.2) is 8.42 Å². The van der Waals surface area contributed by atoms with E-state index in [9.17, 15) is 13.2 Å². The van der Waals surface area contributed by atoms with Crippen molar-refractivity contribution in [3.05, 3.63) is 65.2 Å². The SMILES string of the molecule is CCC(=O)c1ccc(S(=O)(=O)Cc2ccccc2C)cc1. The van der Waals surface area contributed by atoms with Crippen LogP contribution in [-0.4, -0.2) is 14.2 Å². The summed E-state index contributed by atoms with van der Waals surface area (Å²) in [6.07, 6.45) is 0.412. The van der Waals surface area contributed by atoms with E-state index in [-0.39, 0.29) is 16.4 Å². The van der Waals surface area contributed by atoms with Gasteiger partial charge in [-0.05, 0) is 30.2 Å². The van der Waals surface area contributed by atoms with Gasteiger partial charge in [0.05, 0.1) is 10.6 Å². The zero-order valence-corrected chi connectivity index (χ0v) is 13.0. The zero-order chi connectivity index (χ0) is 15.5. The maximum absolute atomic E-state index is 12.4. The van der Waals surface area contributed by atoms with E-state index in [2.05, 4.69) is 0 Å². The molecule has 3 nitrogen and oxygen atoms in total. The van der Waals surface area contributed by atoms with Crippen LogP contribution in [0.1, 0.15) is 34.8 Å². The number of rotatable bonds is 5. The van der Waals surface area contributed by atoms with Crippen LogP contribution in [-0.2, 0) is 15.6 Å². The Labute approximate surface area is 125 Å². The minimum absolute atomic E-state index is 0.0119. The predicted octanol–water partition coefficient (Wildman–Crippen LogP) is 3.56. The third-order valence-corrected chi connectivity index (χ3v) is 5.14. The van der Waals surface area contributed by atoms with Gasteiger partial charge in [-0.15, -0.1) is 0 Å². The average Bonchev–Trinajstić information content (AvgIpc) is 2.49. The second-order valence-corrected chi connectivity index (χ2v) is 6.98. The zero-order valence-electron chi connectivity index (χ0n) is 12.2. The Bertz CT molecular complexity index is 744. The van der Waals surface area contributed by atoms with Crippen molar-refractivity contribution in [3.8, 4) is 0 Å². The minimum atomic E-state index is -3.40. The molecule has 0 radical (unpaired) electrons. The van der Waals surface area contributed by atoms with E-state index in [1.54, 1.807) is 19.1 Å². The van der Waals surface area contributed by atoms with Crippen molar-refractivity contribution >= 4 is 15.6 Å². The largest absolute Gasteiger partial charge is 0.294 e. The average molecular weight is 302 g/mol. The first kappa shape index (κ1) is 15.4. The van der Waals surface area contributed by atoms with Crippen LogP contribution in [0.25, 0.3) is 0 Å². The summed E-state index contributed by atoms with van der Waals surface area (Å²) >= 11 is 0. The molecule has 0 aromatic heterocycles. The number of hydrogen-bond donors (Lipinski definition) is 0. The molecule has 0 spiro atoms. The molecule has 110 valence electrons. The summed E-state index contributed by atoms with van der Waals surface area (Å²) in [6.45, 7) is 3.68. The molecule has 2 rings (SSSR count). The van der Waals surface area contributed by atoms with Gasteiger partial charge in [0, 0.05) is 12.0 Å². The Balaban J connectivity index is 2.28. The van der Waals surface area contributed by atoms with Crippen molar-refractivity contribution in [1.82, 2.24) is 0 Å². The van der Waals surface area contributed by atoms with Gasteiger partial charge >= 0.3 is 0 Å². The molecule has 4 heteroatoms. The predicted molar refractivity (Wildman–Crippen MR) is 83.1 cm³/mol. The highest BCUT2D eigenvalue weighted by Crippen LogP contribution is 2.19. The molecule has 0 amide bonds. The highest BCUT2D eigenvalue weighted by molar-refractivity contribution is 7.90. The minimum Gasteiger partial charge on any atom is -0.294 e. The summed E-state index contributed by atoms with van der Waals surface area (Å²) in [7, 11) is -3.40. The summed E-state index contributed by atoms with van der Waals surface area (Å²) in [5.74, 6) is -0.0151. The first-order valence-corrected chi connectivity index (χ1v) is 8.50. The highest BCUT2D eigenvalue weighted by Gasteiger charge is 2.16. The topological polar surface area (TPSA) is 51.2 Å². The molecule has 0 unspecified atom stereocenters. The summed E-state index contributed by atoms with van der Waals surface area (Å²) in [6, 6.07) is 13.6. The lowest BCUT2D eigenvalue weighted by Crippen LogP contribution is -2.07. The molecule has 0 bridgehead atoms. The highest BCUT2D eigenvalue weighted by atomic mass is 32.2. The summed E-state index contributed by atoms with van der Waals surface area (Å²) in [5, 5.41) is 0. The molecule has 0 aliphatic carbocycles. The summed E-state index contributed by atoms with van der Waals surface area (Å²) < 4.78 is 24.8. The number of aryl methyl sites for hydroxylation is 1.